The van der Waals surface area contributed by atoms with Gasteiger partial charge in [-0.05, 0) is 38.2 Å². The predicted molar refractivity (Wildman–Crippen MR) is 90.7 cm³/mol. The van der Waals surface area contributed by atoms with Gasteiger partial charge in [0.15, 0.2) is 0 Å². The molecule has 1 unspecified atom stereocenters. The van der Waals surface area contributed by atoms with Crippen molar-refractivity contribution in [2.45, 2.75) is 64.1 Å². The molecule has 0 aliphatic heterocycles. The number of hydrogen-bond acceptors (Lipinski definition) is 3. The second kappa shape index (κ2) is 8.11. The molecule has 0 spiro atoms. The summed E-state index contributed by atoms with van der Waals surface area (Å²) in [7, 11) is 0. The fourth-order valence-corrected chi connectivity index (χ4v) is 3.03. The number of carbonyl (C=O) groups is 2. The van der Waals surface area contributed by atoms with Crippen LogP contribution in [0.5, 0.6) is 0 Å². The van der Waals surface area contributed by atoms with Crippen molar-refractivity contribution >= 4 is 11.8 Å². The van der Waals surface area contributed by atoms with Gasteiger partial charge in [0.1, 0.15) is 0 Å². The first-order valence-electron chi connectivity index (χ1n) is 8.32. The van der Waals surface area contributed by atoms with Gasteiger partial charge in [0, 0.05) is 19.0 Å². The fraction of sp³-hybridized carbons (Fsp3) is 0.556. The molecular formula is C18H27N3O2. The van der Waals surface area contributed by atoms with E-state index in [2.05, 4.69) is 10.6 Å². The van der Waals surface area contributed by atoms with Crippen LogP contribution in [0.25, 0.3) is 0 Å². The normalized spacial score (nSPS) is 22.2. The predicted octanol–water partition coefficient (Wildman–Crippen LogP) is 1.95. The molecule has 1 aromatic rings. The van der Waals surface area contributed by atoms with Gasteiger partial charge in [-0.3, -0.25) is 9.59 Å². The maximum atomic E-state index is 12.3. The van der Waals surface area contributed by atoms with E-state index >= 15 is 0 Å². The van der Waals surface area contributed by atoms with E-state index < -0.39 is 0 Å². The van der Waals surface area contributed by atoms with E-state index in [0.29, 0.717) is 0 Å². The van der Waals surface area contributed by atoms with Crippen molar-refractivity contribution in [3.05, 3.63) is 35.4 Å². The molecule has 1 aliphatic rings. The van der Waals surface area contributed by atoms with Crippen molar-refractivity contribution in [2.75, 3.05) is 0 Å². The summed E-state index contributed by atoms with van der Waals surface area (Å²) in [5, 5.41) is 5.95. The standard InChI is InChI=1S/C18H27N3O2/c1-12-3-5-14(6-4-12)17(20-13(2)22)11-18(23)21-16-9-7-15(19)8-10-16/h3-6,15-17H,7-11,19H2,1-2H3,(H,20,22)(H,21,23). The zero-order valence-electron chi connectivity index (χ0n) is 14.0. The molecule has 0 bridgehead atoms. The SMILES string of the molecule is CC(=O)NC(CC(=O)NC1CCC(N)CC1)c1ccc(C)cc1. The fourth-order valence-electron chi connectivity index (χ4n) is 3.03. The van der Waals surface area contributed by atoms with Crippen LogP contribution in [0.15, 0.2) is 24.3 Å². The topological polar surface area (TPSA) is 84.2 Å². The van der Waals surface area contributed by atoms with E-state index in [9.17, 15) is 9.59 Å². The Hall–Kier alpha value is -1.88. The van der Waals surface area contributed by atoms with E-state index in [-0.39, 0.29) is 36.4 Å². The molecule has 1 saturated carbocycles. The van der Waals surface area contributed by atoms with E-state index in [1.54, 1.807) is 0 Å². The van der Waals surface area contributed by atoms with Crippen LogP contribution in [0.4, 0.5) is 0 Å². The highest BCUT2D eigenvalue weighted by Crippen LogP contribution is 2.20. The van der Waals surface area contributed by atoms with Crippen LogP contribution in [-0.2, 0) is 9.59 Å². The molecule has 1 aromatic carbocycles. The second-order valence-corrected chi connectivity index (χ2v) is 6.55. The molecule has 0 saturated heterocycles. The molecule has 4 N–H and O–H groups in total. The maximum Gasteiger partial charge on any atom is 0.222 e. The van der Waals surface area contributed by atoms with E-state index in [4.69, 9.17) is 5.73 Å². The number of nitrogens with one attached hydrogen (secondary N) is 2. The Bertz CT molecular complexity index is 534. The van der Waals surface area contributed by atoms with Gasteiger partial charge in [-0.1, -0.05) is 29.8 Å². The van der Waals surface area contributed by atoms with Gasteiger partial charge in [-0.25, -0.2) is 0 Å². The van der Waals surface area contributed by atoms with Crippen molar-refractivity contribution < 1.29 is 9.59 Å². The quantitative estimate of drug-likeness (QED) is 0.776. The van der Waals surface area contributed by atoms with Crippen molar-refractivity contribution in [3.63, 3.8) is 0 Å². The molecule has 5 heteroatoms. The summed E-state index contributed by atoms with van der Waals surface area (Å²) in [6.45, 7) is 3.49. The number of amides is 2. The Morgan fingerprint density at radius 3 is 2.35 bits per heavy atom. The Morgan fingerprint density at radius 2 is 1.78 bits per heavy atom. The first kappa shape index (κ1) is 17.5. The largest absolute Gasteiger partial charge is 0.353 e. The van der Waals surface area contributed by atoms with Gasteiger partial charge in [-0.15, -0.1) is 0 Å². The minimum atomic E-state index is -0.293. The molecule has 23 heavy (non-hydrogen) atoms. The van der Waals surface area contributed by atoms with Crippen LogP contribution in [0, 0.1) is 6.92 Å². The van der Waals surface area contributed by atoms with Gasteiger partial charge < -0.3 is 16.4 Å². The van der Waals surface area contributed by atoms with Crippen LogP contribution >= 0.6 is 0 Å². The molecule has 0 aromatic heterocycles. The van der Waals surface area contributed by atoms with Crippen LogP contribution in [0.3, 0.4) is 0 Å². The second-order valence-electron chi connectivity index (χ2n) is 6.55. The molecule has 126 valence electrons. The molecule has 0 radical (unpaired) electrons. The van der Waals surface area contributed by atoms with Crippen LogP contribution in [-0.4, -0.2) is 23.9 Å². The number of carbonyl (C=O) groups excluding carboxylic acids is 2. The van der Waals surface area contributed by atoms with Gasteiger partial charge in [-0.2, -0.15) is 0 Å². The minimum absolute atomic E-state index is 0.0233. The average Bonchev–Trinajstić information content (AvgIpc) is 2.49. The first-order chi connectivity index (χ1) is 10.9. The van der Waals surface area contributed by atoms with Gasteiger partial charge in [0.05, 0.1) is 12.5 Å². The molecule has 0 heterocycles. The van der Waals surface area contributed by atoms with E-state index in [1.165, 1.54) is 6.92 Å². The number of nitrogens with two attached hydrogens (primary N) is 1. The van der Waals surface area contributed by atoms with Crippen LogP contribution in [0.2, 0.25) is 0 Å². The van der Waals surface area contributed by atoms with Gasteiger partial charge in [0.25, 0.3) is 0 Å². The third-order valence-corrected chi connectivity index (χ3v) is 4.38. The number of aryl methyl sites for hydroxylation is 1. The minimum Gasteiger partial charge on any atom is -0.353 e. The summed E-state index contributed by atoms with van der Waals surface area (Å²) >= 11 is 0. The summed E-state index contributed by atoms with van der Waals surface area (Å²) in [6.07, 6.45) is 4.03. The lowest BCUT2D eigenvalue weighted by Gasteiger charge is -2.27. The number of benzene rings is 1. The summed E-state index contributed by atoms with van der Waals surface area (Å²) in [6, 6.07) is 8.08. The lowest BCUT2D eigenvalue weighted by molar-refractivity contribution is -0.123. The summed E-state index contributed by atoms with van der Waals surface area (Å²) in [5.74, 6) is -0.156. The Morgan fingerprint density at radius 1 is 1.17 bits per heavy atom. The Balaban J connectivity index is 1.95. The zero-order valence-corrected chi connectivity index (χ0v) is 14.0. The molecule has 1 aliphatic carbocycles. The molecule has 5 nitrogen and oxygen atoms in total. The average molecular weight is 317 g/mol. The van der Waals surface area contributed by atoms with Crippen molar-refractivity contribution in [2.24, 2.45) is 5.73 Å². The molecule has 2 rings (SSSR count). The van der Waals surface area contributed by atoms with Crippen LogP contribution < -0.4 is 16.4 Å². The monoisotopic (exact) mass is 317 g/mol. The molecule has 1 atom stereocenters. The summed E-state index contributed by atoms with van der Waals surface area (Å²) < 4.78 is 0. The maximum absolute atomic E-state index is 12.3. The number of rotatable bonds is 5. The Kier molecular flexibility index (Phi) is 6.16. The summed E-state index contributed by atoms with van der Waals surface area (Å²) in [4.78, 5) is 23.8. The van der Waals surface area contributed by atoms with Gasteiger partial charge in [0.2, 0.25) is 11.8 Å². The summed E-state index contributed by atoms with van der Waals surface area (Å²) in [5.41, 5.74) is 7.99. The van der Waals surface area contributed by atoms with Crippen molar-refractivity contribution in [1.82, 2.24) is 10.6 Å². The van der Waals surface area contributed by atoms with Crippen LogP contribution in [0.1, 0.15) is 56.2 Å². The zero-order chi connectivity index (χ0) is 16.8. The smallest absolute Gasteiger partial charge is 0.222 e. The third kappa shape index (κ3) is 5.67. The highest BCUT2D eigenvalue weighted by atomic mass is 16.2. The van der Waals surface area contributed by atoms with E-state index in [0.717, 1.165) is 36.8 Å². The van der Waals surface area contributed by atoms with Crippen molar-refractivity contribution in [3.8, 4) is 0 Å². The molecule has 2 amide bonds. The first-order valence-corrected chi connectivity index (χ1v) is 8.32. The molecular weight excluding hydrogens is 290 g/mol. The lowest BCUT2D eigenvalue weighted by Crippen LogP contribution is -2.42. The lowest BCUT2D eigenvalue weighted by atomic mass is 9.91. The Labute approximate surface area is 138 Å². The highest BCUT2D eigenvalue weighted by molar-refractivity contribution is 5.79. The highest BCUT2D eigenvalue weighted by Gasteiger charge is 2.22. The third-order valence-electron chi connectivity index (χ3n) is 4.38. The van der Waals surface area contributed by atoms with E-state index in [1.807, 2.05) is 31.2 Å². The molecule has 1 fully saturated rings. The number of hydrogen-bond donors (Lipinski definition) is 3. The van der Waals surface area contributed by atoms with Crippen molar-refractivity contribution in [1.29, 1.82) is 0 Å². The van der Waals surface area contributed by atoms with Gasteiger partial charge >= 0.3 is 0 Å².